The van der Waals surface area contributed by atoms with Crippen molar-refractivity contribution < 1.29 is 19.4 Å². The van der Waals surface area contributed by atoms with Gasteiger partial charge in [-0.25, -0.2) is 4.79 Å². The van der Waals surface area contributed by atoms with Crippen LogP contribution < -0.4 is 0 Å². The minimum absolute atomic E-state index is 0.106. The van der Waals surface area contributed by atoms with Gasteiger partial charge in [0, 0.05) is 6.21 Å². The molecule has 0 aliphatic heterocycles. The number of rotatable bonds is 7. The first kappa shape index (κ1) is 17.6. The molecule has 5 heteroatoms. The first-order valence-electron chi connectivity index (χ1n) is 7.18. The minimum Gasteiger partial charge on any atom is -0.512 e. The largest absolute Gasteiger partial charge is 0.512 e. The molecule has 0 atom stereocenters. The van der Waals surface area contributed by atoms with Gasteiger partial charge in [-0.3, -0.25) is 9.79 Å². The topological polar surface area (TPSA) is 76.0 Å². The van der Waals surface area contributed by atoms with Crippen molar-refractivity contribution in [2.75, 3.05) is 6.61 Å². The SMILES string of the molecule is CCCCOC(=O)c1ccccc1N=C/C(C(C)=O)=C(/C)O. The van der Waals surface area contributed by atoms with E-state index in [1.54, 1.807) is 24.3 Å². The molecule has 1 N–H and O–H groups in total. The van der Waals surface area contributed by atoms with Crippen LogP contribution in [0.5, 0.6) is 0 Å². The van der Waals surface area contributed by atoms with E-state index in [4.69, 9.17) is 4.74 Å². The number of nitrogens with zero attached hydrogens (tertiary/aromatic N) is 1. The number of para-hydroxylation sites is 1. The van der Waals surface area contributed by atoms with Gasteiger partial charge in [0.25, 0.3) is 0 Å². The summed E-state index contributed by atoms with van der Waals surface area (Å²) in [5.74, 6) is -0.860. The van der Waals surface area contributed by atoms with Gasteiger partial charge in [0.1, 0.15) is 5.76 Å². The fourth-order valence-corrected chi connectivity index (χ4v) is 1.72. The first-order valence-corrected chi connectivity index (χ1v) is 7.18. The summed E-state index contributed by atoms with van der Waals surface area (Å²) in [5, 5.41) is 9.46. The zero-order valence-corrected chi connectivity index (χ0v) is 13.1. The van der Waals surface area contributed by atoms with Crippen molar-refractivity contribution in [1.29, 1.82) is 0 Å². The lowest BCUT2D eigenvalue weighted by atomic mass is 10.1. The molecule has 1 aromatic carbocycles. The van der Waals surface area contributed by atoms with Crippen LogP contribution in [-0.4, -0.2) is 29.7 Å². The summed E-state index contributed by atoms with van der Waals surface area (Å²) >= 11 is 0. The van der Waals surface area contributed by atoms with E-state index >= 15 is 0 Å². The number of esters is 1. The summed E-state index contributed by atoms with van der Waals surface area (Å²) in [7, 11) is 0. The molecule has 0 heterocycles. The Morgan fingerprint density at radius 1 is 1.27 bits per heavy atom. The summed E-state index contributed by atoms with van der Waals surface area (Å²) in [6.07, 6.45) is 3.00. The van der Waals surface area contributed by atoms with Gasteiger partial charge in [0.15, 0.2) is 5.78 Å². The van der Waals surface area contributed by atoms with Crippen molar-refractivity contribution in [2.45, 2.75) is 33.6 Å². The maximum atomic E-state index is 12.0. The Balaban J connectivity index is 2.99. The molecule has 0 unspecified atom stereocenters. The van der Waals surface area contributed by atoms with Crippen LogP contribution in [0.3, 0.4) is 0 Å². The van der Waals surface area contributed by atoms with Gasteiger partial charge in [-0.1, -0.05) is 25.5 Å². The minimum atomic E-state index is -0.449. The maximum Gasteiger partial charge on any atom is 0.340 e. The summed E-state index contributed by atoms with van der Waals surface area (Å²) in [4.78, 5) is 27.6. The maximum absolute atomic E-state index is 12.0. The quantitative estimate of drug-likeness (QED) is 0.273. The highest BCUT2D eigenvalue weighted by molar-refractivity contribution is 6.13. The van der Waals surface area contributed by atoms with Crippen LogP contribution in [0.15, 0.2) is 40.6 Å². The zero-order chi connectivity index (χ0) is 16.5. The second-order valence-electron chi connectivity index (χ2n) is 4.82. The molecule has 0 fully saturated rings. The number of ketones is 1. The van der Waals surface area contributed by atoms with Crippen molar-refractivity contribution in [3.8, 4) is 0 Å². The number of hydrogen-bond acceptors (Lipinski definition) is 5. The smallest absolute Gasteiger partial charge is 0.340 e. The molecule has 0 spiro atoms. The van der Waals surface area contributed by atoms with E-state index in [2.05, 4.69) is 4.99 Å². The third-order valence-electron chi connectivity index (χ3n) is 2.96. The number of carbonyl (C=O) groups excluding carboxylic acids is 2. The van der Waals surface area contributed by atoms with Gasteiger partial charge < -0.3 is 9.84 Å². The lowest BCUT2D eigenvalue weighted by Gasteiger charge is -2.06. The molecule has 1 aromatic rings. The van der Waals surface area contributed by atoms with Gasteiger partial charge in [-0.05, 0) is 32.4 Å². The molecular formula is C17H21NO4. The van der Waals surface area contributed by atoms with E-state index in [-0.39, 0.29) is 17.1 Å². The van der Waals surface area contributed by atoms with Crippen LogP contribution in [0.25, 0.3) is 0 Å². The van der Waals surface area contributed by atoms with Gasteiger partial charge >= 0.3 is 5.97 Å². The molecule has 0 amide bonds. The molecule has 5 nitrogen and oxygen atoms in total. The normalized spacial score (nSPS) is 12.1. The predicted molar refractivity (Wildman–Crippen MR) is 85.8 cm³/mol. The fourth-order valence-electron chi connectivity index (χ4n) is 1.72. The number of carbonyl (C=O) groups is 2. The average Bonchev–Trinajstić information content (AvgIpc) is 2.47. The van der Waals surface area contributed by atoms with Gasteiger partial charge in [-0.15, -0.1) is 0 Å². The second-order valence-corrected chi connectivity index (χ2v) is 4.82. The Kier molecular flexibility index (Phi) is 7.02. The number of ether oxygens (including phenoxy) is 1. The first-order chi connectivity index (χ1) is 10.5. The molecule has 0 aliphatic rings. The number of hydrogen-bond donors (Lipinski definition) is 1. The van der Waals surface area contributed by atoms with Crippen molar-refractivity contribution in [3.63, 3.8) is 0 Å². The van der Waals surface area contributed by atoms with Gasteiger partial charge in [0.05, 0.1) is 23.4 Å². The number of aliphatic hydroxyl groups is 1. The van der Waals surface area contributed by atoms with Crippen molar-refractivity contribution in [3.05, 3.63) is 41.2 Å². The predicted octanol–water partition coefficient (Wildman–Crippen LogP) is 3.77. The number of aliphatic hydroxyl groups excluding tert-OH is 1. The van der Waals surface area contributed by atoms with E-state index in [1.165, 1.54) is 20.1 Å². The monoisotopic (exact) mass is 303 g/mol. The molecule has 118 valence electrons. The lowest BCUT2D eigenvalue weighted by molar-refractivity contribution is -0.113. The van der Waals surface area contributed by atoms with E-state index < -0.39 is 5.97 Å². The van der Waals surface area contributed by atoms with E-state index in [0.717, 1.165) is 12.8 Å². The number of allylic oxidation sites excluding steroid dienone is 2. The third kappa shape index (κ3) is 5.16. The molecule has 0 bridgehead atoms. The standard InChI is InChI=1S/C17H21NO4/c1-4-5-10-22-17(21)14-8-6-7-9-16(14)18-11-15(12(2)19)13(3)20/h6-9,11,19H,4-5,10H2,1-3H3/b15-12+,18-11?. The van der Waals surface area contributed by atoms with E-state index in [0.29, 0.717) is 17.9 Å². The van der Waals surface area contributed by atoms with Gasteiger partial charge in [0.2, 0.25) is 0 Å². The number of benzene rings is 1. The Bertz CT molecular complexity index is 598. The van der Waals surface area contributed by atoms with Crippen LogP contribution in [0.2, 0.25) is 0 Å². The van der Waals surface area contributed by atoms with E-state index in [1.807, 2.05) is 6.92 Å². The van der Waals surface area contributed by atoms with Crippen LogP contribution >= 0.6 is 0 Å². The highest BCUT2D eigenvalue weighted by Gasteiger charge is 2.12. The van der Waals surface area contributed by atoms with Crippen molar-refractivity contribution in [2.24, 2.45) is 4.99 Å². The number of Topliss-reactive ketones (excluding diaryl/α,β-unsaturated/α-hetero) is 1. The molecule has 0 saturated heterocycles. The molecule has 0 saturated carbocycles. The molecule has 0 aliphatic carbocycles. The highest BCUT2D eigenvalue weighted by Crippen LogP contribution is 2.20. The van der Waals surface area contributed by atoms with E-state index in [9.17, 15) is 14.7 Å². The van der Waals surface area contributed by atoms with Crippen LogP contribution in [-0.2, 0) is 9.53 Å². The molecular weight excluding hydrogens is 282 g/mol. The number of aliphatic imine (C=N–C) groups is 1. The number of unbranched alkanes of at least 4 members (excludes halogenated alkanes) is 1. The Labute approximate surface area is 130 Å². The summed E-state index contributed by atoms with van der Waals surface area (Å²) in [6, 6.07) is 6.72. The molecule has 22 heavy (non-hydrogen) atoms. The third-order valence-corrected chi connectivity index (χ3v) is 2.96. The summed E-state index contributed by atoms with van der Waals surface area (Å²) in [6.45, 7) is 5.13. The summed E-state index contributed by atoms with van der Waals surface area (Å²) < 4.78 is 5.17. The highest BCUT2D eigenvalue weighted by atomic mass is 16.5. The van der Waals surface area contributed by atoms with Crippen LogP contribution in [0, 0.1) is 0 Å². The van der Waals surface area contributed by atoms with Crippen molar-refractivity contribution >= 4 is 23.7 Å². The second kappa shape index (κ2) is 8.77. The molecule has 1 rings (SSSR count). The van der Waals surface area contributed by atoms with Crippen LogP contribution in [0.1, 0.15) is 44.0 Å². The van der Waals surface area contributed by atoms with Crippen LogP contribution in [0.4, 0.5) is 5.69 Å². The fraction of sp³-hybridized carbons (Fsp3) is 0.353. The molecule has 0 aromatic heterocycles. The summed E-state index contributed by atoms with van der Waals surface area (Å²) in [5.41, 5.74) is 0.825. The zero-order valence-electron chi connectivity index (χ0n) is 13.1. The lowest BCUT2D eigenvalue weighted by Crippen LogP contribution is -2.07. The van der Waals surface area contributed by atoms with Gasteiger partial charge in [-0.2, -0.15) is 0 Å². The van der Waals surface area contributed by atoms with Crippen molar-refractivity contribution in [1.82, 2.24) is 0 Å². The Morgan fingerprint density at radius 2 is 1.95 bits per heavy atom. The Morgan fingerprint density at radius 3 is 2.55 bits per heavy atom. The average molecular weight is 303 g/mol. The molecule has 0 radical (unpaired) electrons. The Hall–Kier alpha value is -2.43.